The number of benzene rings is 9. The van der Waals surface area contributed by atoms with Gasteiger partial charge in [0.2, 0.25) is 0 Å². The van der Waals surface area contributed by atoms with Crippen molar-refractivity contribution in [1.29, 1.82) is 0 Å². The molecule has 1 aromatic heterocycles. The molecule has 0 unspecified atom stereocenters. The number of hydrogen-bond donors (Lipinski definition) is 0. The Labute approximate surface area is 349 Å². The molecule has 0 saturated heterocycles. The maximum absolute atomic E-state index is 5.43. The number of hydrogen-bond acceptors (Lipinski definition) is 3. The second kappa shape index (κ2) is 13.9. The number of para-hydroxylation sites is 1. The third-order valence-electron chi connectivity index (χ3n) is 12.4. The van der Waals surface area contributed by atoms with Crippen molar-refractivity contribution in [3.8, 4) is 50.3 Å². The second-order valence-corrected chi connectivity index (χ2v) is 17.1. The van der Waals surface area contributed by atoms with E-state index in [1.54, 1.807) is 7.11 Å². The van der Waals surface area contributed by atoms with Gasteiger partial charge in [-0.3, -0.25) is 0 Å². The van der Waals surface area contributed by atoms with Gasteiger partial charge in [0.05, 0.1) is 12.8 Å². The fraction of sp³-hybridized carbons (Fsp3) is 0.0714. The zero-order chi connectivity index (χ0) is 39.7. The second-order valence-electron chi connectivity index (χ2n) is 16.1. The molecule has 0 atom stereocenters. The normalized spacial score (nSPS) is 12.8. The highest BCUT2D eigenvalue weighted by Crippen LogP contribution is 2.51. The highest BCUT2D eigenvalue weighted by Gasteiger charge is 2.35. The van der Waals surface area contributed by atoms with Gasteiger partial charge in [-0.25, -0.2) is 0 Å². The first-order valence-corrected chi connectivity index (χ1v) is 21.1. The van der Waals surface area contributed by atoms with Crippen LogP contribution in [0.5, 0.6) is 5.75 Å². The predicted octanol–water partition coefficient (Wildman–Crippen LogP) is 16.0. The summed E-state index contributed by atoms with van der Waals surface area (Å²) in [5.41, 5.74) is 15.8. The van der Waals surface area contributed by atoms with E-state index in [9.17, 15) is 0 Å². The van der Waals surface area contributed by atoms with E-state index in [0.29, 0.717) is 0 Å². The first-order valence-electron chi connectivity index (χ1n) is 20.3. The molecule has 1 heterocycles. The first kappa shape index (κ1) is 35.2. The third kappa shape index (κ3) is 5.76. The van der Waals surface area contributed by atoms with Gasteiger partial charge in [-0.2, -0.15) is 0 Å². The molecule has 0 fully saturated rings. The lowest BCUT2D eigenvalue weighted by atomic mass is 9.82. The summed E-state index contributed by atoms with van der Waals surface area (Å²) in [4.78, 5) is 2.41. The van der Waals surface area contributed by atoms with Crippen molar-refractivity contribution in [2.75, 3.05) is 12.0 Å². The van der Waals surface area contributed by atoms with Crippen LogP contribution in [0.1, 0.15) is 25.0 Å². The van der Waals surface area contributed by atoms with E-state index in [1.807, 2.05) is 23.5 Å². The standard InChI is InChI=1S/C56H41NOS/c1-56(2)51-17-8-6-14-47(51)50-35-40(26-34-52(50)56)44-12-7-9-18-53(44)57(41-27-19-36(20-28-41)37-23-31-43(58-3)32-24-37)42-29-21-39(22-30-42)46-15-10-16-48-49-33-25-38-11-4-5-13-45(38)55(49)59-54(46)48/h4-35H,1-3H3. The number of thiophene rings is 1. The number of anilines is 3. The van der Waals surface area contributed by atoms with Crippen molar-refractivity contribution >= 4 is 59.3 Å². The molecule has 0 saturated carbocycles. The van der Waals surface area contributed by atoms with E-state index in [1.165, 1.54) is 75.5 Å². The molecule has 0 N–H and O–H groups in total. The summed E-state index contributed by atoms with van der Waals surface area (Å²) in [5, 5.41) is 5.23. The third-order valence-corrected chi connectivity index (χ3v) is 13.7. The zero-order valence-electron chi connectivity index (χ0n) is 33.2. The smallest absolute Gasteiger partial charge is 0.118 e. The zero-order valence-corrected chi connectivity index (χ0v) is 34.1. The summed E-state index contributed by atoms with van der Waals surface area (Å²) in [6.45, 7) is 4.69. The van der Waals surface area contributed by atoms with E-state index in [-0.39, 0.29) is 5.41 Å². The van der Waals surface area contributed by atoms with Gasteiger partial charge in [-0.15, -0.1) is 11.3 Å². The number of fused-ring (bicyclic) bond motifs is 8. The summed E-state index contributed by atoms with van der Waals surface area (Å²) in [5.74, 6) is 0.854. The van der Waals surface area contributed by atoms with E-state index in [4.69, 9.17) is 4.74 Å². The minimum absolute atomic E-state index is 0.0443. The molecule has 0 bridgehead atoms. The highest BCUT2D eigenvalue weighted by atomic mass is 32.1. The van der Waals surface area contributed by atoms with Crippen molar-refractivity contribution in [1.82, 2.24) is 0 Å². The maximum Gasteiger partial charge on any atom is 0.118 e. The van der Waals surface area contributed by atoms with Crippen LogP contribution in [0.4, 0.5) is 17.1 Å². The largest absolute Gasteiger partial charge is 0.497 e. The van der Waals surface area contributed by atoms with Gasteiger partial charge in [0, 0.05) is 42.5 Å². The van der Waals surface area contributed by atoms with Crippen LogP contribution >= 0.6 is 11.3 Å². The average Bonchev–Trinajstić information content (AvgIpc) is 3.79. The average molecular weight is 776 g/mol. The van der Waals surface area contributed by atoms with Crippen molar-refractivity contribution in [2.24, 2.45) is 0 Å². The Hall–Kier alpha value is -6.94. The predicted molar refractivity (Wildman–Crippen MR) is 252 cm³/mol. The van der Waals surface area contributed by atoms with Gasteiger partial charge >= 0.3 is 0 Å². The van der Waals surface area contributed by atoms with E-state index in [0.717, 1.165) is 33.9 Å². The fourth-order valence-electron chi connectivity index (χ4n) is 9.36. The lowest BCUT2D eigenvalue weighted by Crippen LogP contribution is -2.14. The monoisotopic (exact) mass is 775 g/mol. The molecule has 0 amide bonds. The van der Waals surface area contributed by atoms with Crippen molar-refractivity contribution in [3.63, 3.8) is 0 Å². The van der Waals surface area contributed by atoms with Crippen molar-refractivity contribution in [2.45, 2.75) is 19.3 Å². The van der Waals surface area contributed by atoms with Gasteiger partial charge in [-0.05, 0) is 109 Å². The molecule has 3 heteroatoms. The molecular weight excluding hydrogens is 735 g/mol. The number of ether oxygens (including phenoxy) is 1. The minimum Gasteiger partial charge on any atom is -0.497 e. The Balaban J connectivity index is 1.04. The Morgan fingerprint density at radius 2 is 1.00 bits per heavy atom. The van der Waals surface area contributed by atoms with Gasteiger partial charge in [0.1, 0.15) is 5.75 Å². The molecular formula is C56H41NOS. The minimum atomic E-state index is -0.0443. The summed E-state index contributed by atoms with van der Waals surface area (Å²) in [6, 6.07) is 71.2. The van der Waals surface area contributed by atoms with Crippen LogP contribution < -0.4 is 9.64 Å². The molecule has 0 aliphatic heterocycles. The molecule has 59 heavy (non-hydrogen) atoms. The van der Waals surface area contributed by atoms with Crippen LogP contribution in [0.3, 0.4) is 0 Å². The first-order chi connectivity index (χ1) is 29.0. The van der Waals surface area contributed by atoms with Gasteiger partial charge in [0.15, 0.2) is 0 Å². The number of rotatable bonds is 7. The van der Waals surface area contributed by atoms with E-state index in [2.05, 4.69) is 201 Å². The number of nitrogens with zero attached hydrogens (tertiary/aromatic N) is 1. The van der Waals surface area contributed by atoms with Crippen LogP contribution in [0.2, 0.25) is 0 Å². The molecule has 11 rings (SSSR count). The van der Waals surface area contributed by atoms with E-state index >= 15 is 0 Å². The molecule has 0 radical (unpaired) electrons. The van der Waals surface area contributed by atoms with Crippen LogP contribution in [0.15, 0.2) is 194 Å². The Kier molecular flexibility index (Phi) is 8.28. The van der Waals surface area contributed by atoms with E-state index < -0.39 is 0 Å². The summed E-state index contributed by atoms with van der Waals surface area (Å²) in [6.07, 6.45) is 0. The van der Waals surface area contributed by atoms with Crippen LogP contribution in [0.25, 0.3) is 75.5 Å². The number of methoxy groups -OCH3 is 1. The Bertz CT molecular complexity index is 3210. The van der Waals surface area contributed by atoms with Crippen LogP contribution in [0, 0.1) is 0 Å². The maximum atomic E-state index is 5.43. The van der Waals surface area contributed by atoms with Crippen LogP contribution in [-0.4, -0.2) is 7.11 Å². The summed E-state index contributed by atoms with van der Waals surface area (Å²) >= 11 is 1.90. The van der Waals surface area contributed by atoms with Crippen molar-refractivity contribution in [3.05, 3.63) is 205 Å². The molecule has 10 aromatic rings. The lowest BCUT2D eigenvalue weighted by molar-refractivity contribution is 0.415. The van der Waals surface area contributed by atoms with Gasteiger partial charge in [0.25, 0.3) is 0 Å². The van der Waals surface area contributed by atoms with Gasteiger partial charge < -0.3 is 9.64 Å². The van der Waals surface area contributed by atoms with Crippen LogP contribution in [-0.2, 0) is 5.41 Å². The highest BCUT2D eigenvalue weighted by molar-refractivity contribution is 7.27. The summed E-state index contributed by atoms with van der Waals surface area (Å²) in [7, 11) is 1.71. The quantitative estimate of drug-likeness (QED) is 0.160. The molecule has 0 spiro atoms. The fourth-order valence-corrected chi connectivity index (χ4v) is 10.7. The molecule has 9 aromatic carbocycles. The topological polar surface area (TPSA) is 12.5 Å². The SMILES string of the molecule is COc1ccc(-c2ccc(N(c3ccc(-c4cccc5c4sc4c6ccccc6ccc54)cc3)c3ccccc3-c3ccc4c(c3)-c3ccccc3C4(C)C)cc2)cc1. The molecule has 1 aliphatic carbocycles. The van der Waals surface area contributed by atoms with Crippen molar-refractivity contribution < 1.29 is 4.74 Å². The molecule has 1 aliphatic rings. The molecule has 2 nitrogen and oxygen atoms in total. The van der Waals surface area contributed by atoms with Gasteiger partial charge in [-0.1, -0.05) is 159 Å². The Morgan fingerprint density at radius 3 is 1.76 bits per heavy atom. The summed E-state index contributed by atoms with van der Waals surface area (Å²) < 4.78 is 8.11. The lowest BCUT2D eigenvalue weighted by Gasteiger charge is -2.28. The Morgan fingerprint density at radius 1 is 0.424 bits per heavy atom. The molecule has 282 valence electrons.